The Bertz CT molecular complexity index is 1650. The smallest absolute Gasteiger partial charge is 0.366 e. The summed E-state index contributed by atoms with van der Waals surface area (Å²) in [6.07, 6.45) is -0.568. The van der Waals surface area contributed by atoms with Gasteiger partial charge in [-0.05, 0) is 39.0 Å². The first kappa shape index (κ1) is 31.0. The van der Waals surface area contributed by atoms with Crippen molar-refractivity contribution in [3.63, 3.8) is 0 Å². The summed E-state index contributed by atoms with van der Waals surface area (Å²) in [5, 5.41) is 2.18. The van der Waals surface area contributed by atoms with Gasteiger partial charge in [0.25, 0.3) is 5.91 Å². The lowest BCUT2D eigenvalue weighted by atomic mass is 9.97. The summed E-state index contributed by atoms with van der Waals surface area (Å²) in [6, 6.07) is 1.25. The highest BCUT2D eigenvalue weighted by atomic mass is 19.4. The minimum absolute atomic E-state index is 0.0276. The standard InChI is InChI=1S/C29H29F6N7O2/c1-15-12-42(13-16(2)40(15)3)22-8-21(39-27(44)19-11-36-23(43)7-20(19)29(33,34)35)25(31)24(26(22)32)17-5-4-6-41(14-17)28-37-9-18(30)10-38-28/h5,7-11,15-16H,4,6,12-14H2,1-3H3,(H,36,43)(H,39,44)/t15-,16+. The Kier molecular flexibility index (Phi) is 8.42. The molecule has 1 saturated heterocycles. The number of carbonyl (C=O) groups is 1. The predicted octanol–water partition coefficient (Wildman–Crippen LogP) is 4.68. The maximum absolute atomic E-state index is 16.4. The summed E-state index contributed by atoms with van der Waals surface area (Å²) in [6.45, 7) is 4.89. The molecule has 0 spiro atoms. The second-order valence-corrected chi connectivity index (χ2v) is 10.9. The van der Waals surface area contributed by atoms with Gasteiger partial charge in [-0.2, -0.15) is 13.2 Å². The van der Waals surface area contributed by atoms with E-state index in [1.165, 1.54) is 0 Å². The summed E-state index contributed by atoms with van der Waals surface area (Å²) in [5.41, 5.74) is -4.40. The number of rotatable bonds is 5. The van der Waals surface area contributed by atoms with Gasteiger partial charge in [-0.1, -0.05) is 6.08 Å². The van der Waals surface area contributed by atoms with Crippen LogP contribution in [0.15, 0.2) is 41.6 Å². The largest absolute Gasteiger partial charge is 0.417 e. The molecule has 0 aliphatic carbocycles. The number of nitrogens with zero attached hydrogens (tertiary/aromatic N) is 5. The number of piperazine rings is 1. The third kappa shape index (κ3) is 6.14. The first-order valence-electron chi connectivity index (χ1n) is 13.8. The monoisotopic (exact) mass is 621 g/mol. The molecule has 0 radical (unpaired) electrons. The van der Waals surface area contributed by atoms with Gasteiger partial charge in [0.15, 0.2) is 17.5 Å². The molecule has 0 bridgehead atoms. The molecule has 4 heterocycles. The first-order chi connectivity index (χ1) is 20.7. The van der Waals surface area contributed by atoms with E-state index in [-0.39, 0.29) is 41.9 Å². The van der Waals surface area contributed by atoms with Crippen molar-refractivity contribution in [2.75, 3.05) is 48.3 Å². The normalized spacial score (nSPS) is 19.6. The molecule has 0 unspecified atom stereocenters. The zero-order chi connectivity index (χ0) is 31.9. The number of likely N-dealkylation sites (N-methyl/N-ethyl adjacent to an activating group) is 1. The average molecular weight is 622 g/mol. The highest BCUT2D eigenvalue weighted by Crippen LogP contribution is 2.38. The Labute approximate surface area is 248 Å². The van der Waals surface area contributed by atoms with Crippen molar-refractivity contribution in [1.29, 1.82) is 0 Å². The predicted molar refractivity (Wildman–Crippen MR) is 152 cm³/mol. The van der Waals surface area contributed by atoms with Crippen LogP contribution in [0.1, 0.15) is 41.8 Å². The maximum atomic E-state index is 16.4. The Morgan fingerprint density at radius 3 is 2.32 bits per heavy atom. The molecule has 2 aromatic heterocycles. The van der Waals surface area contributed by atoms with Crippen molar-refractivity contribution in [3.8, 4) is 0 Å². The Balaban J connectivity index is 1.59. The average Bonchev–Trinajstić information content (AvgIpc) is 2.97. The van der Waals surface area contributed by atoms with Crippen molar-refractivity contribution in [1.82, 2.24) is 19.9 Å². The van der Waals surface area contributed by atoms with Crippen molar-refractivity contribution >= 4 is 28.8 Å². The van der Waals surface area contributed by atoms with E-state index in [1.807, 2.05) is 25.9 Å². The summed E-state index contributed by atoms with van der Waals surface area (Å²) in [5.74, 6) is -3.96. The van der Waals surface area contributed by atoms with E-state index >= 15 is 8.78 Å². The van der Waals surface area contributed by atoms with E-state index < -0.39 is 57.5 Å². The SMILES string of the molecule is C[C@@H]1CN(c2cc(NC(=O)c3c[nH]c(=O)cc3C(F)(F)F)c(F)c(C3=CCCN(c4ncc(F)cn4)C3)c2F)C[C@H](C)N1C. The second kappa shape index (κ2) is 11.9. The van der Waals surface area contributed by atoms with Gasteiger partial charge in [-0.3, -0.25) is 14.5 Å². The van der Waals surface area contributed by atoms with Crippen molar-refractivity contribution in [2.24, 2.45) is 0 Å². The molecule has 2 aliphatic rings. The van der Waals surface area contributed by atoms with Gasteiger partial charge in [0, 0.05) is 50.5 Å². The van der Waals surface area contributed by atoms with Crippen LogP contribution in [0.4, 0.5) is 43.7 Å². The van der Waals surface area contributed by atoms with Crippen molar-refractivity contribution < 1.29 is 31.1 Å². The van der Waals surface area contributed by atoms with Crippen LogP contribution in [-0.2, 0) is 6.18 Å². The van der Waals surface area contributed by atoms with Gasteiger partial charge in [0.2, 0.25) is 11.5 Å². The fourth-order valence-corrected chi connectivity index (χ4v) is 5.47. The lowest BCUT2D eigenvalue weighted by molar-refractivity contribution is -0.138. The van der Waals surface area contributed by atoms with Crippen molar-refractivity contribution in [3.05, 3.63) is 81.3 Å². The molecule has 2 N–H and O–H groups in total. The quantitative estimate of drug-likeness (QED) is 0.400. The zero-order valence-corrected chi connectivity index (χ0v) is 24.0. The Morgan fingerprint density at radius 1 is 1.02 bits per heavy atom. The number of aromatic amines is 1. The molecule has 1 fully saturated rings. The van der Waals surface area contributed by atoms with Gasteiger partial charge in [0.05, 0.1) is 40.5 Å². The topological polar surface area (TPSA) is 97.5 Å². The number of H-pyrrole nitrogens is 1. The molecule has 2 atom stereocenters. The van der Waals surface area contributed by atoms with E-state index in [0.717, 1.165) is 18.5 Å². The van der Waals surface area contributed by atoms with Crippen molar-refractivity contribution in [2.45, 2.75) is 38.5 Å². The molecule has 3 aromatic rings. The van der Waals surface area contributed by atoms with Crippen LogP contribution >= 0.6 is 0 Å². The molecule has 5 rings (SSSR count). The minimum atomic E-state index is -5.05. The third-order valence-electron chi connectivity index (χ3n) is 7.97. The molecule has 0 saturated carbocycles. The summed E-state index contributed by atoms with van der Waals surface area (Å²) in [4.78, 5) is 40.1. The van der Waals surface area contributed by atoms with Crippen LogP contribution in [0.3, 0.4) is 0 Å². The number of carbonyl (C=O) groups excluding carboxylic acids is 1. The third-order valence-corrected chi connectivity index (χ3v) is 7.97. The lowest BCUT2D eigenvalue weighted by Crippen LogP contribution is -2.55. The number of amides is 1. The van der Waals surface area contributed by atoms with Crippen LogP contribution < -0.4 is 20.7 Å². The molecule has 44 heavy (non-hydrogen) atoms. The molecule has 1 amide bonds. The van der Waals surface area contributed by atoms with E-state index in [2.05, 4.69) is 20.2 Å². The number of hydrogen-bond acceptors (Lipinski definition) is 7. The summed E-state index contributed by atoms with van der Waals surface area (Å²) >= 11 is 0. The number of pyridine rings is 1. The summed E-state index contributed by atoms with van der Waals surface area (Å²) < 4.78 is 87.0. The van der Waals surface area contributed by atoms with Gasteiger partial charge < -0.3 is 20.1 Å². The number of alkyl halides is 3. The van der Waals surface area contributed by atoms with Gasteiger partial charge in [-0.25, -0.2) is 23.1 Å². The van der Waals surface area contributed by atoms with Crippen LogP contribution in [0.2, 0.25) is 0 Å². The van der Waals surface area contributed by atoms with Crippen LogP contribution in [0, 0.1) is 17.5 Å². The van der Waals surface area contributed by atoms with E-state index in [4.69, 9.17) is 0 Å². The fourth-order valence-electron chi connectivity index (χ4n) is 5.47. The number of halogens is 6. The number of hydrogen-bond donors (Lipinski definition) is 2. The molecular weight excluding hydrogens is 592 g/mol. The molecular formula is C29H29F6N7O2. The van der Waals surface area contributed by atoms with Crippen LogP contribution in [0.5, 0.6) is 0 Å². The summed E-state index contributed by atoms with van der Waals surface area (Å²) in [7, 11) is 1.92. The number of anilines is 3. The number of benzene rings is 1. The minimum Gasteiger partial charge on any atom is -0.366 e. The van der Waals surface area contributed by atoms with Crippen LogP contribution in [0.25, 0.3) is 5.57 Å². The van der Waals surface area contributed by atoms with Gasteiger partial charge >= 0.3 is 6.18 Å². The highest BCUT2D eigenvalue weighted by molar-refractivity contribution is 6.05. The molecule has 9 nitrogen and oxygen atoms in total. The second-order valence-electron chi connectivity index (χ2n) is 10.9. The number of nitrogens with one attached hydrogen (secondary N) is 2. The first-order valence-corrected chi connectivity index (χ1v) is 13.8. The van der Waals surface area contributed by atoms with E-state index in [1.54, 1.807) is 15.9 Å². The van der Waals surface area contributed by atoms with E-state index in [9.17, 15) is 27.2 Å². The lowest BCUT2D eigenvalue weighted by Gasteiger charge is -2.43. The maximum Gasteiger partial charge on any atom is 0.417 e. The molecule has 15 heteroatoms. The van der Waals surface area contributed by atoms with E-state index in [0.29, 0.717) is 32.3 Å². The molecule has 2 aliphatic heterocycles. The highest BCUT2D eigenvalue weighted by Gasteiger charge is 2.37. The Morgan fingerprint density at radius 2 is 1.68 bits per heavy atom. The van der Waals surface area contributed by atoms with Gasteiger partial charge in [-0.15, -0.1) is 0 Å². The Hall–Kier alpha value is -4.40. The zero-order valence-electron chi connectivity index (χ0n) is 24.0. The van der Waals surface area contributed by atoms with Gasteiger partial charge in [0.1, 0.15) is 0 Å². The molecule has 1 aromatic carbocycles. The molecule has 234 valence electrons. The fraction of sp³-hybridized carbons (Fsp3) is 0.379. The number of aromatic nitrogens is 3. The van der Waals surface area contributed by atoms with Crippen LogP contribution in [-0.4, -0.2) is 71.1 Å².